The first kappa shape index (κ1) is 16.1. The Morgan fingerprint density at radius 3 is 1.84 bits per heavy atom. The minimum atomic E-state index is -3.93. The van der Waals surface area contributed by atoms with Gasteiger partial charge in [-0.3, -0.25) is 0 Å². The number of alkyl halides is 2. The van der Waals surface area contributed by atoms with Crippen LogP contribution in [0.25, 0.3) is 0 Å². The predicted octanol–water partition coefficient (Wildman–Crippen LogP) is 5.71. The van der Waals surface area contributed by atoms with Crippen LogP contribution in [-0.2, 0) is 0 Å². The second-order valence-corrected chi connectivity index (χ2v) is 4.64. The van der Waals surface area contributed by atoms with Crippen LogP contribution in [0.2, 0.25) is 0 Å². The Labute approximate surface area is 108 Å². The van der Waals surface area contributed by atoms with E-state index in [-0.39, 0.29) is 6.42 Å². The molecule has 1 rings (SSSR count). The maximum atomic E-state index is 13.8. The van der Waals surface area contributed by atoms with Crippen LogP contribution < -0.4 is 0 Å². The van der Waals surface area contributed by atoms with E-state index in [4.69, 9.17) is 0 Å². The molecule has 0 aromatic carbocycles. The van der Waals surface area contributed by atoms with Gasteiger partial charge < -0.3 is 0 Å². The number of hydrogen-bond donors (Lipinski definition) is 0. The fourth-order valence-corrected chi connectivity index (χ4v) is 2.01. The van der Waals surface area contributed by atoms with Crippen molar-refractivity contribution in [2.75, 3.05) is 0 Å². The molecule has 0 nitrogen and oxygen atoms in total. The molecule has 1 unspecified atom stereocenters. The monoisotopic (exact) mass is 286 g/mol. The Balaban J connectivity index is 2.64. The summed E-state index contributed by atoms with van der Waals surface area (Å²) in [5.41, 5.74) is -3.93. The van der Waals surface area contributed by atoms with Crippen LogP contribution in [0.1, 0.15) is 45.4 Å². The Bertz CT molecular complexity index is 361. The SMILES string of the molecule is CCCCCCCC(F)C1(F)C(F)=C(F)C(F)=C1F. The summed E-state index contributed by atoms with van der Waals surface area (Å²) < 4.78 is 79.1. The Kier molecular flexibility index (Phi) is 5.50. The molecule has 0 fully saturated rings. The van der Waals surface area contributed by atoms with E-state index in [1.807, 2.05) is 6.92 Å². The van der Waals surface area contributed by atoms with Gasteiger partial charge >= 0.3 is 0 Å². The lowest BCUT2D eigenvalue weighted by Gasteiger charge is -2.22. The van der Waals surface area contributed by atoms with Gasteiger partial charge in [-0.1, -0.05) is 39.0 Å². The third-order valence-corrected chi connectivity index (χ3v) is 3.21. The molecule has 0 spiro atoms. The summed E-state index contributed by atoms with van der Waals surface area (Å²) >= 11 is 0. The summed E-state index contributed by atoms with van der Waals surface area (Å²) in [4.78, 5) is 0. The van der Waals surface area contributed by atoms with Crippen LogP contribution in [0.4, 0.5) is 26.3 Å². The molecular weight excluding hydrogens is 270 g/mol. The largest absolute Gasteiger partial charge is 0.249 e. The zero-order chi connectivity index (χ0) is 14.6. The van der Waals surface area contributed by atoms with Crippen LogP contribution in [0.15, 0.2) is 23.3 Å². The standard InChI is InChI=1S/C13H16F6/c1-2-3-4-5-6-7-8(14)13(19)11(17)9(15)10(16)12(13)18/h8H,2-7H2,1H3. The maximum absolute atomic E-state index is 13.8. The van der Waals surface area contributed by atoms with E-state index in [1.54, 1.807) is 0 Å². The average molecular weight is 286 g/mol. The lowest BCUT2D eigenvalue weighted by Crippen LogP contribution is -2.35. The van der Waals surface area contributed by atoms with Crippen molar-refractivity contribution in [3.05, 3.63) is 23.3 Å². The van der Waals surface area contributed by atoms with Crippen molar-refractivity contribution in [1.29, 1.82) is 0 Å². The van der Waals surface area contributed by atoms with Crippen LogP contribution >= 0.6 is 0 Å². The molecule has 0 radical (unpaired) electrons. The number of halogens is 6. The first-order chi connectivity index (χ1) is 8.87. The second kappa shape index (κ2) is 6.48. The first-order valence-electron chi connectivity index (χ1n) is 6.32. The third-order valence-electron chi connectivity index (χ3n) is 3.21. The lowest BCUT2D eigenvalue weighted by molar-refractivity contribution is 0.0686. The molecule has 0 aromatic heterocycles. The highest BCUT2D eigenvalue weighted by atomic mass is 19.2. The van der Waals surface area contributed by atoms with Crippen molar-refractivity contribution >= 4 is 0 Å². The summed E-state index contributed by atoms with van der Waals surface area (Å²) in [7, 11) is 0. The molecule has 1 aliphatic carbocycles. The highest BCUT2D eigenvalue weighted by molar-refractivity contribution is 5.45. The second-order valence-electron chi connectivity index (χ2n) is 4.64. The molecule has 110 valence electrons. The van der Waals surface area contributed by atoms with Gasteiger partial charge in [0.15, 0.2) is 23.3 Å². The highest BCUT2D eigenvalue weighted by Gasteiger charge is 2.57. The minimum absolute atomic E-state index is 0.205. The van der Waals surface area contributed by atoms with Crippen LogP contribution in [0, 0.1) is 0 Å². The Hall–Kier alpha value is -0.940. The van der Waals surface area contributed by atoms with E-state index in [1.165, 1.54) is 0 Å². The summed E-state index contributed by atoms with van der Waals surface area (Å²) in [6.07, 6.45) is 0.334. The van der Waals surface area contributed by atoms with E-state index in [0.29, 0.717) is 6.42 Å². The van der Waals surface area contributed by atoms with E-state index in [9.17, 15) is 26.3 Å². The molecule has 19 heavy (non-hydrogen) atoms. The molecule has 0 bridgehead atoms. The molecule has 1 atom stereocenters. The number of rotatable bonds is 7. The molecule has 6 heteroatoms. The van der Waals surface area contributed by atoms with Gasteiger partial charge in [0.2, 0.25) is 5.67 Å². The van der Waals surface area contributed by atoms with Crippen molar-refractivity contribution < 1.29 is 26.3 Å². The van der Waals surface area contributed by atoms with Gasteiger partial charge in [-0.25, -0.2) is 26.3 Å². The van der Waals surface area contributed by atoms with E-state index in [0.717, 1.165) is 19.3 Å². The molecule has 0 aromatic rings. The molecular formula is C13H16F6. The summed E-state index contributed by atoms with van der Waals surface area (Å²) in [5, 5.41) is 0. The quantitative estimate of drug-likeness (QED) is 0.415. The van der Waals surface area contributed by atoms with Crippen LogP contribution in [0.5, 0.6) is 0 Å². The van der Waals surface area contributed by atoms with Crippen molar-refractivity contribution in [1.82, 2.24) is 0 Å². The smallest absolute Gasteiger partial charge is 0.243 e. The van der Waals surface area contributed by atoms with E-state index >= 15 is 0 Å². The first-order valence-corrected chi connectivity index (χ1v) is 6.32. The fourth-order valence-electron chi connectivity index (χ4n) is 2.01. The van der Waals surface area contributed by atoms with Crippen LogP contribution in [-0.4, -0.2) is 11.8 Å². The maximum Gasteiger partial charge on any atom is 0.249 e. The van der Waals surface area contributed by atoms with Gasteiger partial charge in [-0.05, 0) is 6.42 Å². The zero-order valence-corrected chi connectivity index (χ0v) is 10.6. The molecule has 0 aliphatic heterocycles. The van der Waals surface area contributed by atoms with Gasteiger partial charge in [-0.15, -0.1) is 0 Å². The van der Waals surface area contributed by atoms with Gasteiger partial charge in [0.05, 0.1) is 0 Å². The Morgan fingerprint density at radius 1 is 0.895 bits per heavy atom. The summed E-state index contributed by atoms with van der Waals surface area (Å²) in [6, 6.07) is 0. The van der Waals surface area contributed by atoms with Crippen molar-refractivity contribution in [2.24, 2.45) is 0 Å². The third kappa shape index (κ3) is 2.98. The molecule has 0 saturated heterocycles. The molecule has 1 aliphatic rings. The predicted molar refractivity (Wildman–Crippen MR) is 60.6 cm³/mol. The molecule has 0 amide bonds. The normalized spacial score (nSPS) is 20.4. The van der Waals surface area contributed by atoms with Crippen molar-refractivity contribution in [3.63, 3.8) is 0 Å². The minimum Gasteiger partial charge on any atom is -0.243 e. The fraction of sp³-hybridized carbons (Fsp3) is 0.692. The lowest BCUT2D eigenvalue weighted by atomic mass is 9.94. The van der Waals surface area contributed by atoms with E-state index < -0.39 is 41.6 Å². The average Bonchev–Trinajstić information content (AvgIpc) is 2.55. The van der Waals surface area contributed by atoms with E-state index in [2.05, 4.69) is 0 Å². The van der Waals surface area contributed by atoms with Gasteiger partial charge in [-0.2, -0.15) is 0 Å². The number of hydrogen-bond acceptors (Lipinski definition) is 0. The van der Waals surface area contributed by atoms with Crippen molar-refractivity contribution in [2.45, 2.75) is 57.3 Å². The zero-order valence-electron chi connectivity index (χ0n) is 10.6. The van der Waals surface area contributed by atoms with Gasteiger partial charge in [0, 0.05) is 0 Å². The summed E-state index contributed by atoms with van der Waals surface area (Å²) in [5.74, 6) is -9.26. The highest BCUT2D eigenvalue weighted by Crippen LogP contribution is 2.49. The van der Waals surface area contributed by atoms with Gasteiger partial charge in [0.25, 0.3) is 0 Å². The van der Waals surface area contributed by atoms with Crippen molar-refractivity contribution in [3.8, 4) is 0 Å². The molecule has 0 N–H and O–H groups in total. The summed E-state index contributed by atoms with van der Waals surface area (Å²) in [6.45, 7) is 1.97. The van der Waals surface area contributed by atoms with Gasteiger partial charge in [0.1, 0.15) is 6.17 Å². The number of allylic oxidation sites excluding steroid dienone is 4. The molecule has 0 saturated carbocycles. The number of unbranched alkanes of at least 4 members (excludes halogenated alkanes) is 4. The Morgan fingerprint density at radius 2 is 1.37 bits per heavy atom. The topological polar surface area (TPSA) is 0 Å². The van der Waals surface area contributed by atoms with Crippen LogP contribution in [0.3, 0.4) is 0 Å². The molecule has 0 heterocycles.